The van der Waals surface area contributed by atoms with Crippen molar-refractivity contribution in [1.29, 1.82) is 0 Å². The molecule has 0 unspecified atom stereocenters. The smallest absolute Gasteiger partial charge is 0.336 e. The number of carboxylic acid groups (broad SMARTS) is 1. The SMILES string of the molecule is O=C(O)c1cc(O)c(O)c(O)c1-c1ccccc1O. The molecule has 0 aromatic heterocycles. The second kappa shape index (κ2) is 4.41. The fraction of sp³-hybridized carbons (Fsp3) is 0. The lowest BCUT2D eigenvalue weighted by Crippen LogP contribution is -2.00. The molecule has 2 aromatic carbocycles. The van der Waals surface area contributed by atoms with Crippen LogP contribution >= 0.6 is 0 Å². The normalized spacial score (nSPS) is 10.3. The van der Waals surface area contributed by atoms with Crippen molar-refractivity contribution in [3.8, 4) is 34.1 Å². The minimum absolute atomic E-state index is 0.0349. The molecule has 19 heavy (non-hydrogen) atoms. The molecule has 0 atom stereocenters. The highest BCUT2D eigenvalue weighted by atomic mass is 16.4. The van der Waals surface area contributed by atoms with Gasteiger partial charge in [-0.15, -0.1) is 0 Å². The molecule has 0 aliphatic rings. The van der Waals surface area contributed by atoms with E-state index in [1.54, 1.807) is 0 Å². The summed E-state index contributed by atoms with van der Waals surface area (Å²) >= 11 is 0. The first-order valence-corrected chi connectivity index (χ1v) is 5.23. The fourth-order valence-electron chi connectivity index (χ4n) is 1.77. The van der Waals surface area contributed by atoms with Crippen molar-refractivity contribution >= 4 is 5.97 Å². The summed E-state index contributed by atoms with van der Waals surface area (Å²) < 4.78 is 0. The van der Waals surface area contributed by atoms with Gasteiger partial charge in [-0.3, -0.25) is 0 Å². The summed E-state index contributed by atoms with van der Waals surface area (Å²) in [6.45, 7) is 0. The Balaban J connectivity index is 2.86. The van der Waals surface area contributed by atoms with Crippen molar-refractivity contribution in [2.24, 2.45) is 0 Å². The lowest BCUT2D eigenvalue weighted by atomic mass is 9.96. The topological polar surface area (TPSA) is 118 Å². The van der Waals surface area contributed by atoms with Gasteiger partial charge >= 0.3 is 5.97 Å². The summed E-state index contributed by atoms with van der Waals surface area (Å²) in [6.07, 6.45) is 0. The molecule has 6 heteroatoms. The summed E-state index contributed by atoms with van der Waals surface area (Å²) in [5, 5.41) is 47.4. The maximum Gasteiger partial charge on any atom is 0.336 e. The number of aromatic hydroxyl groups is 4. The predicted molar refractivity (Wildman–Crippen MR) is 65.5 cm³/mol. The van der Waals surface area contributed by atoms with E-state index in [0.717, 1.165) is 6.07 Å². The number of carboxylic acids is 1. The minimum atomic E-state index is -1.41. The van der Waals surface area contributed by atoms with E-state index in [-0.39, 0.29) is 16.9 Å². The van der Waals surface area contributed by atoms with Gasteiger partial charge in [0.1, 0.15) is 5.75 Å². The monoisotopic (exact) mass is 262 g/mol. The molecule has 0 spiro atoms. The van der Waals surface area contributed by atoms with E-state index < -0.39 is 28.8 Å². The molecule has 98 valence electrons. The summed E-state index contributed by atoms with van der Waals surface area (Å²) in [7, 11) is 0. The van der Waals surface area contributed by atoms with E-state index in [2.05, 4.69) is 0 Å². The second-order valence-electron chi connectivity index (χ2n) is 3.84. The van der Waals surface area contributed by atoms with Gasteiger partial charge in [0, 0.05) is 11.1 Å². The van der Waals surface area contributed by atoms with Crippen molar-refractivity contribution < 1.29 is 30.3 Å². The lowest BCUT2D eigenvalue weighted by molar-refractivity contribution is 0.0697. The van der Waals surface area contributed by atoms with Crippen LogP contribution < -0.4 is 0 Å². The predicted octanol–water partition coefficient (Wildman–Crippen LogP) is 1.87. The third-order valence-electron chi connectivity index (χ3n) is 2.66. The maximum absolute atomic E-state index is 11.1. The largest absolute Gasteiger partial charge is 0.507 e. The van der Waals surface area contributed by atoms with Crippen LogP contribution in [0.4, 0.5) is 0 Å². The van der Waals surface area contributed by atoms with Crippen LogP contribution in [0, 0.1) is 0 Å². The third-order valence-corrected chi connectivity index (χ3v) is 2.66. The summed E-state index contributed by atoms with van der Waals surface area (Å²) in [4.78, 5) is 11.1. The number of phenolic OH excluding ortho intramolecular Hbond substituents is 4. The number of para-hydroxylation sites is 1. The number of hydrogen-bond acceptors (Lipinski definition) is 5. The number of aromatic carboxylic acids is 1. The van der Waals surface area contributed by atoms with Crippen LogP contribution in [0.5, 0.6) is 23.0 Å². The van der Waals surface area contributed by atoms with Crippen molar-refractivity contribution in [2.45, 2.75) is 0 Å². The van der Waals surface area contributed by atoms with Crippen molar-refractivity contribution in [2.75, 3.05) is 0 Å². The van der Waals surface area contributed by atoms with Gasteiger partial charge < -0.3 is 25.5 Å². The average molecular weight is 262 g/mol. The Bertz CT molecular complexity index is 662. The molecule has 0 bridgehead atoms. The van der Waals surface area contributed by atoms with E-state index in [0.29, 0.717) is 0 Å². The van der Waals surface area contributed by atoms with E-state index in [1.807, 2.05) is 0 Å². The zero-order chi connectivity index (χ0) is 14.2. The molecule has 0 saturated carbocycles. The molecular formula is C13H10O6. The van der Waals surface area contributed by atoms with E-state index in [1.165, 1.54) is 24.3 Å². The van der Waals surface area contributed by atoms with Gasteiger partial charge in [-0.25, -0.2) is 4.79 Å². The standard InChI is InChI=1S/C13H10O6/c14-8-4-2-1-3-6(8)10-7(13(18)19)5-9(15)11(16)12(10)17/h1-5,14-17H,(H,18,19). The highest BCUT2D eigenvalue weighted by molar-refractivity contribution is 6.00. The third kappa shape index (κ3) is 1.99. The quantitative estimate of drug-likeness (QED) is 0.527. The van der Waals surface area contributed by atoms with E-state index in [4.69, 9.17) is 5.11 Å². The first-order valence-electron chi connectivity index (χ1n) is 5.23. The van der Waals surface area contributed by atoms with E-state index in [9.17, 15) is 25.2 Å². The minimum Gasteiger partial charge on any atom is -0.507 e. The Hall–Kier alpha value is -2.89. The van der Waals surface area contributed by atoms with Gasteiger partial charge in [0.05, 0.1) is 5.56 Å². The maximum atomic E-state index is 11.1. The molecule has 0 aliphatic carbocycles. The Morgan fingerprint density at radius 3 is 2.11 bits per heavy atom. The molecule has 0 fully saturated rings. The van der Waals surface area contributed by atoms with Crippen molar-refractivity contribution in [1.82, 2.24) is 0 Å². The number of phenols is 4. The van der Waals surface area contributed by atoms with Crippen LogP contribution in [0.1, 0.15) is 10.4 Å². The zero-order valence-electron chi connectivity index (χ0n) is 9.53. The van der Waals surface area contributed by atoms with Crippen molar-refractivity contribution in [3.05, 3.63) is 35.9 Å². The number of carbonyl (C=O) groups is 1. The zero-order valence-corrected chi connectivity index (χ0v) is 9.53. The first kappa shape index (κ1) is 12.6. The first-order chi connectivity index (χ1) is 8.93. The number of benzene rings is 2. The van der Waals surface area contributed by atoms with Crippen LogP contribution in [0.25, 0.3) is 11.1 Å². The average Bonchev–Trinajstić information content (AvgIpc) is 2.37. The second-order valence-corrected chi connectivity index (χ2v) is 3.84. The van der Waals surface area contributed by atoms with Gasteiger partial charge in [-0.05, 0) is 12.1 Å². The molecule has 5 N–H and O–H groups in total. The highest BCUT2D eigenvalue weighted by Crippen LogP contribution is 2.46. The fourth-order valence-corrected chi connectivity index (χ4v) is 1.77. The summed E-state index contributed by atoms with van der Waals surface area (Å²) in [5.74, 6) is -4.08. The molecule has 2 aromatic rings. The van der Waals surface area contributed by atoms with Gasteiger partial charge in [-0.1, -0.05) is 18.2 Å². The van der Waals surface area contributed by atoms with Crippen LogP contribution in [0.2, 0.25) is 0 Å². The van der Waals surface area contributed by atoms with Gasteiger partial charge in [0.2, 0.25) is 5.75 Å². The molecule has 0 radical (unpaired) electrons. The Kier molecular flexibility index (Phi) is 2.92. The van der Waals surface area contributed by atoms with Crippen LogP contribution in [-0.4, -0.2) is 31.5 Å². The van der Waals surface area contributed by atoms with Gasteiger partial charge in [0.15, 0.2) is 11.5 Å². The molecule has 2 rings (SSSR count). The summed E-state index contributed by atoms with van der Waals surface area (Å²) in [6, 6.07) is 6.55. The lowest BCUT2D eigenvalue weighted by Gasteiger charge is -2.12. The molecule has 0 saturated heterocycles. The summed E-state index contributed by atoms with van der Waals surface area (Å²) in [5.41, 5.74) is -0.664. The van der Waals surface area contributed by atoms with Crippen LogP contribution in [0.15, 0.2) is 30.3 Å². The Morgan fingerprint density at radius 1 is 0.895 bits per heavy atom. The molecule has 6 nitrogen and oxygen atoms in total. The number of hydrogen-bond donors (Lipinski definition) is 5. The molecule has 0 amide bonds. The molecular weight excluding hydrogens is 252 g/mol. The highest BCUT2D eigenvalue weighted by Gasteiger charge is 2.23. The van der Waals surface area contributed by atoms with Crippen LogP contribution in [0.3, 0.4) is 0 Å². The van der Waals surface area contributed by atoms with Crippen molar-refractivity contribution in [3.63, 3.8) is 0 Å². The van der Waals surface area contributed by atoms with E-state index >= 15 is 0 Å². The Morgan fingerprint density at radius 2 is 1.53 bits per heavy atom. The van der Waals surface area contributed by atoms with Crippen LogP contribution in [-0.2, 0) is 0 Å². The number of rotatable bonds is 2. The van der Waals surface area contributed by atoms with Gasteiger partial charge in [0.25, 0.3) is 0 Å². The van der Waals surface area contributed by atoms with Gasteiger partial charge in [-0.2, -0.15) is 0 Å². The molecule has 0 aliphatic heterocycles. The molecule has 0 heterocycles. The Labute approximate surface area is 107 Å².